The Morgan fingerprint density at radius 1 is 0.935 bits per heavy atom. The molecule has 0 bridgehead atoms. The van der Waals surface area contributed by atoms with Crippen molar-refractivity contribution in [2.24, 2.45) is 11.8 Å². The molecule has 1 N–H and O–H groups in total. The van der Waals surface area contributed by atoms with Crippen LogP contribution in [0.2, 0.25) is 0 Å². The van der Waals surface area contributed by atoms with Gasteiger partial charge in [-0.25, -0.2) is 9.97 Å². The second-order valence-electron chi connectivity index (χ2n) is 8.73. The van der Waals surface area contributed by atoms with E-state index in [4.69, 9.17) is 9.97 Å². The third kappa shape index (κ3) is 4.04. The first-order valence-corrected chi connectivity index (χ1v) is 11.1. The standard InChI is InChI=1S/C26H27N5/c1-18-2-6-20(7-3-18)24-17-29-26(30-25(24)21-8-4-19(14-27)5-9-21)31-12-10-22-15-28-16-23(22)11-13-31/h2-9,17,22-23,28H,10-13,15-16H2,1H3/t22-,23+. The number of anilines is 1. The summed E-state index contributed by atoms with van der Waals surface area (Å²) in [6.45, 7) is 6.37. The Kier molecular flexibility index (Phi) is 5.40. The van der Waals surface area contributed by atoms with E-state index >= 15 is 0 Å². The molecular weight excluding hydrogens is 382 g/mol. The van der Waals surface area contributed by atoms with Gasteiger partial charge in [0.25, 0.3) is 0 Å². The van der Waals surface area contributed by atoms with E-state index < -0.39 is 0 Å². The number of nitrogens with one attached hydrogen (secondary N) is 1. The van der Waals surface area contributed by atoms with Crippen LogP contribution in [0.25, 0.3) is 22.4 Å². The molecule has 2 atom stereocenters. The summed E-state index contributed by atoms with van der Waals surface area (Å²) < 4.78 is 0. The van der Waals surface area contributed by atoms with Crippen LogP contribution >= 0.6 is 0 Å². The van der Waals surface area contributed by atoms with E-state index in [9.17, 15) is 5.26 Å². The van der Waals surface area contributed by atoms with Gasteiger partial charge in [-0.1, -0.05) is 42.0 Å². The fourth-order valence-corrected chi connectivity index (χ4v) is 4.81. The summed E-state index contributed by atoms with van der Waals surface area (Å²) in [6.07, 6.45) is 4.34. The Morgan fingerprint density at radius 2 is 1.58 bits per heavy atom. The molecule has 0 unspecified atom stereocenters. The molecule has 5 nitrogen and oxygen atoms in total. The highest BCUT2D eigenvalue weighted by atomic mass is 15.2. The predicted molar refractivity (Wildman–Crippen MR) is 124 cm³/mol. The summed E-state index contributed by atoms with van der Waals surface area (Å²) in [5.74, 6) is 2.35. The maximum absolute atomic E-state index is 9.18. The molecule has 31 heavy (non-hydrogen) atoms. The third-order valence-corrected chi connectivity index (χ3v) is 6.73. The molecule has 5 heteroatoms. The Hall–Kier alpha value is -3.23. The van der Waals surface area contributed by atoms with Gasteiger partial charge in [0.1, 0.15) is 0 Å². The van der Waals surface area contributed by atoms with Crippen molar-refractivity contribution in [3.05, 3.63) is 65.9 Å². The van der Waals surface area contributed by atoms with Crippen LogP contribution in [-0.4, -0.2) is 36.1 Å². The first-order valence-electron chi connectivity index (χ1n) is 11.1. The van der Waals surface area contributed by atoms with Crippen molar-refractivity contribution in [2.75, 3.05) is 31.1 Å². The molecular formula is C26H27N5. The molecule has 0 amide bonds. The number of nitrogens with zero attached hydrogens (tertiary/aromatic N) is 4. The molecule has 2 aromatic carbocycles. The second-order valence-corrected chi connectivity index (χ2v) is 8.73. The van der Waals surface area contributed by atoms with Crippen molar-refractivity contribution in [2.45, 2.75) is 19.8 Å². The van der Waals surface area contributed by atoms with Crippen molar-refractivity contribution in [3.63, 3.8) is 0 Å². The van der Waals surface area contributed by atoms with Crippen molar-refractivity contribution in [1.29, 1.82) is 5.26 Å². The van der Waals surface area contributed by atoms with E-state index in [1.54, 1.807) is 0 Å². The number of fused-ring (bicyclic) bond motifs is 1. The Labute approximate surface area is 183 Å². The molecule has 0 spiro atoms. The van der Waals surface area contributed by atoms with Crippen LogP contribution in [0.4, 0.5) is 5.95 Å². The van der Waals surface area contributed by atoms with Gasteiger partial charge in [-0.3, -0.25) is 0 Å². The Bertz CT molecular complexity index is 1080. The maximum Gasteiger partial charge on any atom is 0.225 e. The van der Waals surface area contributed by atoms with Gasteiger partial charge in [0.15, 0.2) is 0 Å². The zero-order valence-electron chi connectivity index (χ0n) is 17.9. The number of aromatic nitrogens is 2. The highest BCUT2D eigenvalue weighted by Gasteiger charge is 2.31. The molecule has 0 saturated carbocycles. The highest BCUT2D eigenvalue weighted by Crippen LogP contribution is 2.33. The first-order chi connectivity index (χ1) is 15.2. The molecule has 3 aromatic rings. The number of nitriles is 1. The molecule has 5 rings (SSSR count). The van der Waals surface area contributed by atoms with Crippen LogP contribution in [0.3, 0.4) is 0 Å². The van der Waals surface area contributed by atoms with Gasteiger partial charge in [-0.05, 0) is 62.4 Å². The third-order valence-electron chi connectivity index (χ3n) is 6.73. The summed E-state index contributed by atoms with van der Waals surface area (Å²) in [7, 11) is 0. The van der Waals surface area contributed by atoms with Crippen molar-refractivity contribution in [3.8, 4) is 28.5 Å². The van der Waals surface area contributed by atoms with Gasteiger partial charge >= 0.3 is 0 Å². The lowest BCUT2D eigenvalue weighted by molar-refractivity contribution is 0.409. The maximum atomic E-state index is 9.18. The number of hydrogen-bond acceptors (Lipinski definition) is 5. The largest absolute Gasteiger partial charge is 0.341 e. The van der Waals surface area contributed by atoms with Crippen molar-refractivity contribution < 1.29 is 0 Å². The van der Waals surface area contributed by atoms with Crippen LogP contribution < -0.4 is 10.2 Å². The number of rotatable bonds is 3. The molecule has 156 valence electrons. The molecule has 1 aromatic heterocycles. The van der Waals surface area contributed by atoms with Crippen LogP contribution in [0.5, 0.6) is 0 Å². The predicted octanol–water partition coefficient (Wildman–Crippen LogP) is 4.43. The van der Waals surface area contributed by atoms with Gasteiger partial charge in [0.2, 0.25) is 5.95 Å². The van der Waals surface area contributed by atoms with Gasteiger partial charge in [0, 0.05) is 30.4 Å². The zero-order valence-corrected chi connectivity index (χ0v) is 17.9. The lowest BCUT2D eigenvalue weighted by Gasteiger charge is -2.22. The van der Waals surface area contributed by atoms with E-state index in [0.29, 0.717) is 5.56 Å². The molecule has 3 heterocycles. The van der Waals surface area contributed by atoms with E-state index in [-0.39, 0.29) is 0 Å². The zero-order chi connectivity index (χ0) is 21.2. The van der Waals surface area contributed by atoms with Gasteiger partial charge in [-0.2, -0.15) is 5.26 Å². The summed E-state index contributed by atoms with van der Waals surface area (Å²) in [6, 6.07) is 18.4. The van der Waals surface area contributed by atoms with E-state index in [2.05, 4.69) is 47.5 Å². The average Bonchev–Trinajstić information content (AvgIpc) is 3.17. The summed E-state index contributed by atoms with van der Waals surface area (Å²) >= 11 is 0. The van der Waals surface area contributed by atoms with Gasteiger partial charge < -0.3 is 10.2 Å². The first kappa shape index (κ1) is 19.7. The smallest absolute Gasteiger partial charge is 0.225 e. The molecule has 2 aliphatic heterocycles. The van der Waals surface area contributed by atoms with Crippen LogP contribution in [0.15, 0.2) is 54.7 Å². The molecule has 2 fully saturated rings. The van der Waals surface area contributed by atoms with Crippen LogP contribution in [-0.2, 0) is 0 Å². The van der Waals surface area contributed by atoms with Crippen LogP contribution in [0.1, 0.15) is 24.0 Å². The van der Waals surface area contributed by atoms with Gasteiger partial charge in [-0.15, -0.1) is 0 Å². The topological polar surface area (TPSA) is 64.8 Å². The lowest BCUT2D eigenvalue weighted by atomic mass is 9.92. The van der Waals surface area contributed by atoms with E-state index in [0.717, 1.165) is 66.3 Å². The van der Waals surface area contributed by atoms with Crippen LogP contribution in [0, 0.1) is 30.1 Å². The summed E-state index contributed by atoms with van der Waals surface area (Å²) in [5.41, 5.74) is 5.93. The van der Waals surface area contributed by atoms with Crippen molar-refractivity contribution in [1.82, 2.24) is 15.3 Å². The molecule has 0 aliphatic carbocycles. The van der Waals surface area contributed by atoms with E-state index in [1.807, 2.05) is 30.5 Å². The SMILES string of the molecule is Cc1ccc(-c2cnc(N3CC[C@@H]4CNC[C@@H]4CC3)nc2-c2ccc(C#N)cc2)cc1. The fourth-order valence-electron chi connectivity index (χ4n) is 4.81. The average molecular weight is 410 g/mol. The minimum absolute atomic E-state index is 0.655. The summed E-state index contributed by atoms with van der Waals surface area (Å²) in [5, 5.41) is 12.7. The number of hydrogen-bond donors (Lipinski definition) is 1. The Morgan fingerprint density at radius 3 is 2.23 bits per heavy atom. The minimum Gasteiger partial charge on any atom is -0.341 e. The minimum atomic E-state index is 0.655. The monoisotopic (exact) mass is 409 g/mol. The number of aryl methyl sites for hydroxylation is 1. The molecule has 2 saturated heterocycles. The normalized spacial score (nSPS) is 20.7. The lowest BCUT2D eigenvalue weighted by Crippen LogP contribution is -2.27. The summed E-state index contributed by atoms with van der Waals surface area (Å²) in [4.78, 5) is 12.2. The fraction of sp³-hybridized carbons (Fsp3) is 0.346. The van der Waals surface area contributed by atoms with E-state index in [1.165, 1.54) is 18.4 Å². The van der Waals surface area contributed by atoms with Gasteiger partial charge in [0.05, 0.1) is 17.3 Å². The highest BCUT2D eigenvalue weighted by molar-refractivity contribution is 5.81. The number of benzene rings is 2. The Balaban J connectivity index is 1.53. The molecule has 2 aliphatic rings. The molecule has 0 radical (unpaired) electrons. The second kappa shape index (κ2) is 8.49. The quantitative estimate of drug-likeness (QED) is 0.693. The van der Waals surface area contributed by atoms with Crippen molar-refractivity contribution >= 4 is 5.95 Å².